The first-order valence-electron chi connectivity index (χ1n) is 23.9. The molecule has 0 saturated heterocycles. The van der Waals surface area contributed by atoms with Crippen LogP contribution in [-0.2, 0) is 0 Å². The molecule has 11 aromatic carbocycles. The van der Waals surface area contributed by atoms with Crippen LogP contribution in [0, 0.1) is 20.8 Å². The minimum atomic E-state index is 1.14. The molecule has 0 N–H and O–H groups in total. The maximum Gasteiger partial charge on any atom is 0.0627 e. The van der Waals surface area contributed by atoms with Crippen molar-refractivity contribution in [2.75, 3.05) is 4.90 Å². The Morgan fingerprint density at radius 1 is 0.309 bits per heavy atom. The predicted molar refractivity (Wildman–Crippen MR) is 290 cm³/mol. The minimum absolute atomic E-state index is 1.14. The third-order valence-electron chi connectivity index (χ3n) is 16.1. The average Bonchev–Trinajstić information content (AvgIpc) is 4.20. The van der Waals surface area contributed by atoms with E-state index in [-0.39, 0.29) is 0 Å². The smallest absolute Gasteiger partial charge is 0.0627 e. The van der Waals surface area contributed by atoms with Crippen molar-refractivity contribution in [2.24, 2.45) is 0 Å². The second-order valence-corrected chi connectivity index (χ2v) is 19.8. The fraction of sp³-hybridized carbons (Fsp3) is 0.0462. The third kappa shape index (κ3) is 4.11. The lowest BCUT2D eigenvalue weighted by Crippen LogP contribution is -2.09. The first-order chi connectivity index (χ1) is 33.5. The van der Waals surface area contributed by atoms with Crippen LogP contribution < -0.4 is 4.90 Å². The molecule has 3 heteroatoms. The number of anilines is 3. The Balaban J connectivity index is 0.993. The van der Waals surface area contributed by atoms with Gasteiger partial charge in [-0.3, -0.25) is 0 Å². The molecule has 0 spiro atoms. The van der Waals surface area contributed by atoms with Crippen molar-refractivity contribution in [3.63, 3.8) is 0 Å². The highest BCUT2D eigenvalue weighted by atomic mass is 15.1. The summed E-state index contributed by atoms with van der Waals surface area (Å²) in [5, 5.41) is 21.1. The van der Waals surface area contributed by atoms with Gasteiger partial charge >= 0.3 is 0 Å². The summed E-state index contributed by atoms with van der Waals surface area (Å²) in [6, 6.07) is 69.2. The Kier molecular flexibility index (Phi) is 6.29. The summed E-state index contributed by atoms with van der Waals surface area (Å²) in [7, 11) is 0. The molecule has 0 atom stereocenters. The van der Waals surface area contributed by atoms with Crippen LogP contribution in [0.15, 0.2) is 182 Å². The Hall–Kier alpha value is -8.66. The normalized spacial score (nSPS) is 12.9. The highest BCUT2D eigenvalue weighted by Gasteiger charge is 2.31. The van der Waals surface area contributed by atoms with Crippen LogP contribution in [0.4, 0.5) is 17.1 Å². The molecule has 0 aliphatic carbocycles. The summed E-state index contributed by atoms with van der Waals surface area (Å²) in [5.74, 6) is 0. The molecule has 17 rings (SSSR count). The Bertz CT molecular complexity index is 4850. The number of para-hydroxylation sites is 3. The van der Waals surface area contributed by atoms with E-state index in [1.807, 2.05) is 0 Å². The van der Waals surface area contributed by atoms with Gasteiger partial charge in [0.2, 0.25) is 0 Å². The Labute approximate surface area is 389 Å². The number of aryl methyl sites for hydroxylation is 3. The fourth-order valence-electron chi connectivity index (χ4n) is 13.8. The zero-order chi connectivity index (χ0) is 44.4. The fourth-order valence-corrected chi connectivity index (χ4v) is 13.8. The molecule has 0 aliphatic heterocycles. The van der Waals surface area contributed by atoms with Crippen molar-refractivity contribution in [1.29, 1.82) is 0 Å². The van der Waals surface area contributed by atoms with Crippen molar-refractivity contribution in [3.8, 4) is 22.3 Å². The minimum Gasteiger partial charge on any atom is -0.310 e. The SMILES string of the molecule is Cc1cc(C)c(-c2cc3c4c(-c5ccc6cc7c8cccc9c%10cc(N(c%11ccccc%11)c%11ccccc%11)cc%11c(c6c5)c7n(c98)c%10%11)ccc5c6cc7ccccc7c7c(c2)c3n(c54)c67)c(C)c1. The van der Waals surface area contributed by atoms with Crippen molar-refractivity contribution in [1.82, 2.24) is 8.80 Å². The van der Waals surface area contributed by atoms with Crippen LogP contribution in [-0.4, -0.2) is 8.80 Å². The van der Waals surface area contributed by atoms with E-state index in [0.29, 0.717) is 0 Å². The van der Waals surface area contributed by atoms with Crippen molar-refractivity contribution >= 4 is 136 Å². The van der Waals surface area contributed by atoms with E-state index in [9.17, 15) is 0 Å². The Morgan fingerprint density at radius 2 is 0.809 bits per heavy atom. The lowest BCUT2D eigenvalue weighted by Gasteiger charge is -2.25. The van der Waals surface area contributed by atoms with Gasteiger partial charge in [0.05, 0.1) is 33.1 Å². The van der Waals surface area contributed by atoms with E-state index >= 15 is 0 Å². The van der Waals surface area contributed by atoms with Crippen molar-refractivity contribution < 1.29 is 0 Å². The standard InChI is InChI=1S/C65H39N3/c1-34-25-35(2)56(36(3)26-34)40-30-53-57-44-18-11-10-13-37(44)28-51-48-24-23-45(58-54(31-40)62(53)68(63(48)58)64(51)57)38-21-22-39-29-50-46-19-12-20-47-52-32-43(66(41-14-6-4-7-15-41)42-16-8-5-9-17-42)33-55-59(49(39)27-38)65(50)67(60(46)47)61(52)55/h4-33H,1-3H3. The molecule has 0 amide bonds. The molecule has 0 bridgehead atoms. The number of hydrogen-bond acceptors (Lipinski definition) is 1. The molecule has 3 nitrogen and oxygen atoms in total. The lowest BCUT2D eigenvalue weighted by molar-refractivity contribution is 1.29. The molecule has 6 heterocycles. The summed E-state index contributed by atoms with van der Waals surface area (Å²) in [6.45, 7) is 6.78. The van der Waals surface area contributed by atoms with Gasteiger partial charge < -0.3 is 13.7 Å². The highest BCUT2D eigenvalue weighted by Crippen LogP contribution is 2.55. The summed E-state index contributed by atoms with van der Waals surface area (Å²) in [5.41, 5.74) is 20.5. The second kappa shape index (κ2) is 12.0. The lowest BCUT2D eigenvalue weighted by atomic mass is 9.90. The van der Waals surface area contributed by atoms with E-state index in [1.54, 1.807) is 0 Å². The summed E-state index contributed by atoms with van der Waals surface area (Å²) >= 11 is 0. The van der Waals surface area contributed by atoms with Crippen LogP contribution in [0.2, 0.25) is 0 Å². The van der Waals surface area contributed by atoms with Gasteiger partial charge in [0.25, 0.3) is 0 Å². The number of aromatic nitrogens is 2. The first kappa shape index (κ1) is 35.6. The third-order valence-corrected chi connectivity index (χ3v) is 16.1. The van der Waals surface area contributed by atoms with E-state index < -0.39 is 0 Å². The zero-order valence-electron chi connectivity index (χ0n) is 37.7. The molecule has 0 saturated carbocycles. The molecule has 6 aromatic heterocycles. The van der Waals surface area contributed by atoms with Crippen LogP contribution in [0.3, 0.4) is 0 Å². The van der Waals surface area contributed by atoms with Gasteiger partial charge in [-0.05, 0) is 142 Å². The number of rotatable bonds is 5. The van der Waals surface area contributed by atoms with E-state index in [1.165, 1.54) is 158 Å². The number of hydrogen-bond donors (Lipinski definition) is 0. The molecule has 0 unspecified atom stereocenters. The van der Waals surface area contributed by atoms with E-state index in [4.69, 9.17) is 0 Å². The Morgan fingerprint density at radius 3 is 1.53 bits per heavy atom. The van der Waals surface area contributed by atoms with Gasteiger partial charge in [-0.15, -0.1) is 0 Å². The number of nitrogens with zero attached hydrogens (tertiary/aromatic N) is 3. The highest BCUT2D eigenvalue weighted by molar-refractivity contribution is 6.42. The van der Waals surface area contributed by atoms with Gasteiger partial charge in [0.15, 0.2) is 0 Å². The summed E-state index contributed by atoms with van der Waals surface area (Å²) < 4.78 is 5.22. The van der Waals surface area contributed by atoms with Crippen LogP contribution >= 0.6 is 0 Å². The van der Waals surface area contributed by atoms with Crippen LogP contribution in [0.1, 0.15) is 16.7 Å². The first-order valence-corrected chi connectivity index (χ1v) is 23.9. The van der Waals surface area contributed by atoms with Crippen LogP contribution in [0.5, 0.6) is 0 Å². The van der Waals surface area contributed by atoms with Gasteiger partial charge in [-0.1, -0.05) is 121 Å². The largest absolute Gasteiger partial charge is 0.310 e. The maximum absolute atomic E-state index is 2.63. The molecule has 314 valence electrons. The zero-order valence-corrected chi connectivity index (χ0v) is 37.7. The summed E-state index contributed by atoms with van der Waals surface area (Å²) in [6.07, 6.45) is 0. The molecular formula is C65H39N3. The summed E-state index contributed by atoms with van der Waals surface area (Å²) in [4.78, 5) is 2.42. The van der Waals surface area contributed by atoms with Crippen LogP contribution in [0.25, 0.3) is 142 Å². The topological polar surface area (TPSA) is 12.1 Å². The van der Waals surface area contributed by atoms with Crippen molar-refractivity contribution in [3.05, 3.63) is 199 Å². The number of fused-ring (bicyclic) bond motifs is 10. The van der Waals surface area contributed by atoms with Gasteiger partial charge in [-0.25, -0.2) is 0 Å². The monoisotopic (exact) mass is 861 g/mol. The molecule has 17 aromatic rings. The molecule has 0 aliphatic rings. The number of benzene rings is 11. The second-order valence-electron chi connectivity index (χ2n) is 19.8. The van der Waals surface area contributed by atoms with Gasteiger partial charge in [0.1, 0.15) is 0 Å². The predicted octanol–water partition coefficient (Wildman–Crippen LogP) is 18.1. The van der Waals surface area contributed by atoms with E-state index in [0.717, 1.165) is 17.1 Å². The quantitative estimate of drug-likeness (QED) is 0.168. The average molecular weight is 862 g/mol. The molecule has 0 fully saturated rings. The maximum atomic E-state index is 2.63. The van der Waals surface area contributed by atoms with Gasteiger partial charge in [-0.2, -0.15) is 0 Å². The molecular weight excluding hydrogens is 823 g/mol. The molecule has 0 radical (unpaired) electrons. The van der Waals surface area contributed by atoms with Crippen molar-refractivity contribution in [2.45, 2.75) is 20.8 Å². The molecule has 68 heavy (non-hydrogen) atoms. The van der Waals surface area contributed by atoms with Gasteiger partial charge in [0, 0.05) is 81.7 Å². The van der Waals surface area contributed by atoms with E-state index in [2.05, 4.69) is 216 Å².